The number of amides is 1. The second kappa shape index (κ2) is 11.7. The minimum Gasteiger partial charge on any atom is -0.322 e. The van der Waals surface area contributed by atoms with Crippen molar-refractivity contribution in [3.8, 4) is 0 Å². The summed E-state index contributed by atoms with van der Waals surface area (Å²) in [6.07, 6.45) is 1.15. The van der Waals surface area contributed by atoms with Crippen molar-refractivity contribution >= 4 is 53.8 Å². The van der Waals surface area contributed by atoms with Crippen LogP contribution in [0.2, 0.25) is 0 Å². The largest absolute Gasteiger partial charge is 0.322 e. The lowest BCUT2D eigenvalue weighted by Gasteiger charge is -2.23. The van der Waals surface area contributed by atoms with E-state index in [0.29, 0.717) is 22.6 Å². The van der Waals surface area contributed by atoms with Crippen molar-refractivity contribution in [1.82, 2.24) is 0 Å². The van der Waals surface area contributed by atoms with Crippen molar-refractivity contribution in [3.05, 3.63) is 132 Å². The number of anilines is 3. The van der Waals surface area contributed by atoms with Gasteiger partial charge in [-0.2, -0.15) is 0 Å². The molecule has 10 heteroatoms. The van der Waals surface area contributed by atoms with Gasteiger partial charge >= 0.3 is 0 Å². The molecule has 0 aliphatic heterocycles. The highest BCUT2D eigenvalue weighted by Crippen LogP contribution is 2.27. The van der Waals surface area contributed by atoms with Crippen LogP contribution in [0.3, 0.4) is 0 Å². The molecule has 0 saturated heterocycles. The first-order valence-corrected chi connectivity index (χ1v) is 16.4. The van der Waals surface area contributed by atoms with Gasteiger partial charge in [0.05, 0.1) is 29.1 Å². The Balaban J connectivity index is 1.28. The van der Waals surface area contributed by atoms with Gasteiger partial charge < -0.3 is 5.32 Å². The molecule has 0 fully saturated rings. The van der Waals surface area contributed by atoms with E-state index in [0.717, 1.165) is 28.2 Å². The van der Waals surface area contributed by atoms with Gasteiger partial charge in [0.15, 0.2) is 0 Å². The number of nitrogens with one attached hydrogen (secondary N) is 2. The lowest BCUT2D eigenvalue weighted by molar-refractivity contribution is 0.102. The SMILES string of the molecule is Cc1ccccc1CN(c1ccc(C(=O)Nc2ccc(S(=O)(=O)Nc3cccc4ccccc34)cc2)cc1)S(C)(=O)=O. The third kappa shape index (κ3) is 6.45. The van der Waals surface area contributed by atoms with E-state index in [9.17, 15) is 21.6 Å². The van der Waals surface area contributed by atoms with Crippen molar-refractivity contribution in [2.75, 3.05) is 20.6 Å². The summed E-state index contributed by atoms with van der Waals surface area (Å²) < 4.78 is 55.2. The minimum atomic E-state index is -3.87. The average molecular weight is 600 g/mol. The van der Waals surface area contributed by atoms with Gasteiger partial charge in [-0.05, 0) is 78.0 Å². The molecule has 2 N–H and O–H groups in total. The van der Waals surface area contributed by atoms with Crippen LogP contribution in [0.1, 0.15) is 21.5 Å². The lowest BCUT2D eigenvalue weighted by atomic mass is 10.1. The summed E-state index contributed by atoms with van der Waals surface area (Å²) in [5, 5.41) is 4.45. The quantitative estimate of drug-likeness (QED) is 0.211. The molecule has 0 aromatic heterocycles. The Hall–Kier alpha value is -4.67. The molecule has 5 aromatic rings. The molecule has 1 amide bonds. The molecule has 5 aromatic carbocycles. The molecule has 5 rings (SSSR count). The molecular weight excluding hydrogens is 571 g/mol. The molecular formula is C32H29N3O5S2. The van der Waals surface area contributed by atoms with Gasteiger partial charge in [0.25, 0.3) is 15.9 Å². The summed E-state index contributed by atoms with van der Waals surface area (Å²) in [5.41, 5.74) is 3.49. The zero-order valence-electron chi connectivity index (χ0n) is 23.0. The summed E-state index contributed by atoms with van der Waals surface area (Å²) in [5.74, 6) is -0.421. The van der Waals surface area contributed by atoms with Gasteiger partial charge in [0.1, 0.15) is 0 Å². The van der Waals surface area contributed by atoms with Crippen LogP contribution in [0.25, 0.3) is 10.8 Å². The Bertz CT molecular complexity index is 1970. The first-order valence-electron chi connectivity index (χ1n) is 13.1. The third-order valence-corrected chi connectivity index (χ3v) is 9.37. The predicted octanol–water partition coefficient (Wildman–Crippen LogP) is 6.17. The number of nitrogens with zero attached hydrogens (tertiary/aromatic N) is 1. The van der Waals surface area contributed by atoms with E-state index in [4.69, 9.17) is 0 Å². The molecule has 0 radical (unpaired) electrons. The van der Waals surface area contributed by atoms with E-state index in [-0.39, 0.29) is 11.4 Å². The smallest absolute Gasteiger partial charge is 0.261 e. The van der Waals surface area contributed by atoms with Crippen molar-refractivity contribution in [1.29, 1.82) is 0 Å². The zero-order valence-corrected chi connectivity index (χ0v) is 24.6. The van der Waals surface area contributed by atoms with E-state index < -0.39 is 26.0 Å². The van der Waals surface area contributed by atoms with Crippen LogP contribution < -0.4 is 14.3 Å². The minimum absolute atomic E-state index is 0.0484. The Morgan fingerprint density at radius 2 is 1.38 bits per heavy atom. The van der Waals surface area contributed by atoms with Crippen LogP contribution in [0.15, 0.2) is 120 Å². The molecule has 0 heterocycles. The van der Waals surface area contributed by atoms with E-state index in [2.05, 4.69) is 10.0 Å². The maximum Gasteiger partial charge on any atom is 0.261 e. The summed E-state index contributed by atoms with van der Waals surface area (Å²) in [7, 11) is -7.45. The number of benzene rings is 5. The number of sulfonamides is 2. The normalized spacial score (nSPS) is 11.7. The second-order valence-electron chi connectivity index (χ2n) is 9.85. The van der Waals surface area contributed by atoms with Crippen LogP contribution in [-0.2, 0) is 26.6 Å². The highest BCUT2D eigenvalue weighted by atomic mass is 32.2. The number of carbonyl (C=O) groups excluding carboxylic acids is 1. The Kier molecular flexibility index (Phi) is 8.02. The second-order valence-corrected chi connectivity index (χ2v) is 13.4. The highest BCUT2D eigenvalue weighted by Gasteiger charge is 2.20. The van der Waals surface area contributed by atoms with Crippen molar-refractivity contribution in [3.63, 3.8) is 0 Å². The number of hydrogen-bond acceptors (Lipinski definition) is 5. The van der Waals surface area contributed by atoms with Gasteiger partial charge in [0, 0.05) is 16.6 Å². The molecule has 0 saturated carbocycles. The van der Waals surface area contributed by atoms with Gasteiger partial charge in [-0.1, -0.05) is 60.7 Å². The predicted molar refractivity (Wildman–Crippen MR) is 168 cm³/mol. The van der Waals surface area contributed by atoms with Gasteiger partial charge in [0.2, 0.25) is 10.0 Å². The summed E-state index contributed by atoms with van der Waals surface area (Å²) >= 11 is 0. The van der Waals surface area contributed by atoms with Gasteiger partial charge in [-0.3, -0.25) is 13.8 Å². The van der Waals surface area contributed by atoms with Crippen LogP contribution in [0.5, 0.6) is 0 Å². The zero-order chi connectivity index (χ0) is 29.9. The fourth-order valence-electron chi connectivity index (χ4n) is 4.56. The first-order chi connectivity index (χ1) is 20.0. The standard InChI is InChI=1S/C32H29N3O5S2/c1-23-8-3-4-10-26(23)22-35(41(2,37)38)28-18-14-25(15-19-28)32(36)33-27-16-20-29(21-17-27)42(39,40)34-31-13-7-11-24-9-5-6-12-30(24)31/h3-21,34H,22H2,1-2H3,(H,33,36). The van der Waals surface area contributed by atoms with Crippen LogP contribution >= 0.6 is 0 Å². The first kappa shape index (κ1) is 28.8. The Morgan fingerprint density at radius 1 is 0.738 bits per heavy atom. The Morgan fingerprint density at radius 3 is 2.07 bits per heavy atom. The lowest BCUT2D eigenvalue weighted by Crippen LogP contribution is -2.29. The van der Waals surface area contributed by atoms with E-state index in [1.807, 2.05) is 61.5 Å². The number of aryl methyl sites for hydroxylation is 1. The van der Waals surface area contributed by atoms with Crippen molar-refractivity contribution in [2.45, 2.75) is 18.4 Å². The number of carbonyl (C=O) groups is 1. The molecule has 0 atom stereocenters. The maximum absolute atomic E-state index is 13.0. The van der Waals surface area contributed by atoms with Gasteiger partial charge in [-0.25, -0.2) is 16.8 Å². The summed E-state index contributed by atoms with van der Waals surface area (Å²) in [6, 6.07) is 32.6. The molecule has 0 aliphatic carbocycles. The molecule has 0 bridgehead atoms. The fraction of sp³-hybridized carbons (Fsp3) is 0.0938. The molecule has 0 aliphatic rings. The highest BCUT2D eigenvalue weighted by molar-refractivity contribution is 7.92. The maximum atomic E-state index is 13.0. The Labute approximate surface area is 245 Å². The molecule has 42 heavy (non-hydrogen) atoms. The third-order valence-electron chi connectivity index (χ3n) is 6.85. The van der Waals surface area contributed by atoms with E-state index >= 15 is 0 Å². The van der Waals surface area contributed by atoms with Crippen LogP contribution in [0.4, 0.5) is 17.1 Å². The van der Waals surface area contributed by atoms with Crippen LogP contribution in [-0.4, -0.2) is 29.0 Å². The van der Waals surface area contributed by atoms with Gasteiger partial charge in [-0.15, -0.1) is 0 Å². The monoisotopic (exact) mass is 599 g/mol. The molecule has 8 nitrogen and oxygen atoms in total. The van der Waals surface area contributed by atoms with Crippen LogP contribution in [0, 0.1) is 6.92 Å². The van der Waals surface area contributed by atoms with Crippen molar-refractivity contribution in [2.24, 2.45) is 0 Å². The summed E-state index contributed by atoms with van der Waals surface area (Å²) in [6.45, 7) is 2.09. The topological polar surface area (TPSA) is 113 Å². The van der Waals surface area contributed by atoms with E-state index in [1.54, 1.807) is 36.4 Å². The average Bonchev–Trinajstić information content (AvgIpc) is 2.96. The molecule has 0 spiro atoms. The molecule has 0 unspecified atom stereocenters. The fourth-order valence-corrected chi connectivity index (χ4v) is 6.52. The summed E-state index contributed by atoms with van der Waals surface area (Å²) in [4.78, 5) is 13.0. The number of fused-ring (bicyclic) bond motifs is 1. The van der Waals surface area contributed by atoms with E-state index in [1.165, 1.54) is 28.6 Å². The number of hydrogen-bond donors (Lipinski definition) is 2. The molecule has 214 valence electrons. The number of rotatable bonds is 9. The van der Waals surface area contributed by atoms with Crippen molar-refractivity contribution < 1.29 is 21.6 Å².